The summed E-state index contributed by atoms with van der Waals surface area (Å²) in [7, 11) is 1.82. The highest BCUT2D eigenvalue weighted by molar-refractivity contribution is 4.93. The molecule has 1 N–H and O–H groups in total. The molecular formula is C11H21NO. The smallest absolute Gasteiger partial charge is 0.0802 e. The van der Waals surface area contributed by atoms with Crippen LogP contribution in [0.25, 0.3) is 0 Å². The fraction of sp³-hybridized carbons (Fsp3) is 0.818. The molecule has 0 unspecified atom stereocenters. The Kier molecular flexibility index (Phi) is 3.94. The molecule has 0 spiro atoms. The Morgan fingerprint density at radius 3 is 2.62 bits per heavy atom. The van der Waals surface area contributed by atoms with Crippen LogP contribution in [0.1, 0.15) is 32.6 Å². The molecule has 1 saturated carbocycles. The second-order valence-electron chi connectivity index (χ2n) is 4.12. The summed E-state index contributed by atoms with van der Waals surface area (Å²) in [6.07, 6.45) is 4.81. The van der Waals surface area contributed by atoms with E-state index in [-0.39, 0.29) is 5.60 Å². The maximum atomic E-state index is 5.50. The molecule has 0 bridgehead atoms. The van der Waals surface area contributed by atoms with E-state index in [2.05, 4.69) is 18.8 Å². The average molecular weight is 183 g/mol. The average Bonchev–Trinajstić information content (AvgIpc) is 2.01. The Hall–Kier alpha value is -0.340. The first-order chi connectivity index (χ1) is 6.18. The van der Waals surface area contributed by atoms with Gasteiger partial charge in [-0.3, -0.25) is 0 Å². The van der Waals surface area contributed by atoms with Gasteiger partial charge in [0, 0.05) is 13.7 Å². The minimum Gasteiger partial charge on any atom is -0.377 e. The molecule has 2 heteroatoms. The van der Waals surface area contributed by atoms with Crippen LogP contribution >= 0.6 is 0 Å². The minimum atomic E-state index is 0.162. The molecule has 0 amide bonds. The summed E-state index contributed by atoms with van der Waals surface area (Å²) >= 11 is 0. The lowest BCUT2D eigenvalue weighted by molar-refractivity contribution is -0.0691. The highest BCUT2D eigenvalue weighted by Crippen LogP contribution is 2.34. The second kappa shape index (κ2) is 4.77. The Labute approximate surface area is 81.4 Å². The van der Waals surface area contributed by atoms with Crippen molar-refractivity contribution in [2.24, 2.45) is 0 Å². The minimum absolute atomic E-state index is 0.162. The lowest BCUT2D eigenvalue weighted by atomic mass is 9.80. The van der Waals surface area contributed by atoms with Crippen LogP contribution in [0.2, 0.25) is 0 Å². The van der Waals surface area contributed by atoms with Gasteiger partial charge in [0.25, 0.3) is 0 Å². The van der Waals surface area contributed by atoms with Crippen molar-refractivity contribution in [1.82, 2.24) is 5.32 Å². The van der Waals surface area contributed by atoms with E-state index >= 15 is 0 Å². The van der Waals surface area contributed by atoms with Crippen molar-refractivity contribution in [1.29, 1.82) is 0 Å². The number of rotatable bonds is 6. The molecule has 13 heavy (non-hydrogen) atoms. The predicted octanol–water partition coefficient (Wildman–Crippen LogP) is 2.11. The van der Waals surface area contributed by atoms with E-state index in [1.54, 1.807) is 0 Å². The van der Waals surface area contributed by atoms with Crippen LogP contribution in [0.15, 0.2) is 12.2 Å². The molecule has 1 aliphatic carbocycles. The molecule has 0 radical (unpaired) electrons. The molecule has 0 saturated heterocycles. The maximum absolute atomic E-state index is 5.50. The molecule has 2 nitrogen and oxygen atoms in total. The third kappa shape index (κ3) is 3.12. The number of ether oxygens (including phenoxy) is 1. The van der Waals surface area contributed by atoms with Crippen LogP contribution in [0.3, 0.4) is 0 Å². The Morgan fingerprint density at radius 2 is 2.23 bits per heavy atom. The quantitative estimate of drug-likeness (QED) is 0.503. The fourth-order valence-corrected chi connectivity index (χ4v) is 1.64. The largest absolute Gasteiger partial charge is 0.377 e. The molecule has 0 heterocycles. The van der Waals surface area contributed by atoms with Crippen LogP contribution in [0.5, 0.6) is 0 Å². The van der Waals surface area contributed by atoms with E-state index in [0.717, 1.165) is 19.5 Å². The first-order valence-corrected chi connectivity index (χ1v) is 5.09. The SMILES string of the molecule is C=C(C)CCNCC1(OC)CCC1. The van der Waals surface area contributed by atoms with Crippen molar-refractivity contribution in [2.75, 3.05) is 20.2 Å². The molecule has 1 rings (SSSR count). The highest BCUT2D eigenvalue weighted by Gasteiger charge is 2.36. The Bertz CT molecular complexity index is 167. The van der Waals surface area contributed by atoms with Crippen molar-refractivity contribution < 1.29 is 4.74 Å². The van der Waals surface area contributed by atoms with Crippen LogP contribution in [-0.2, 0) is 4.74 Å². The number of nitrogens with one attached hydrogen (secondary N) is 1. The van der Waals surface area contributed by atoms with Crippen LogP contribution < -0.4 is 5.32 Å². The van der Waals surface area contributed by atoms with Gasteiger partial charge in [-0.1, -0.05) is 5.57 Å². The summed E-state index contributed by atoms with van der Waals surface area (Å²) in [4.78, 5) is 0. The third-order valence-electron chi connectivity index (χ3n) is 2.87. The topological polar surface area (TPSA) is 21.3 Å². The second-order valence-corrected chi connectivity index (χ2v) is 4.12. The lowest BCUT2D eigenvalue weighted by Crippen LogP contribution is -2.48. The maximum Gasteiger partial charge on any atom is 0.0802 e. The van der Waals surface area contributed by atoms with Crippen molar-refractivity contribution in [3.63, 3.8) is 0 Å². The normalized spacial score (nSPS) is 19.5. The summed E-state index contributed by atoms with van der Waals surface area (Å²) in [6.45, 7) is 7.96. The van der Waals surface area contributed by atoms with Gasteiger partial charge in [-0.25, -0.2) is 0 Å². The summed E-state index contributed by atoms with van der Waals surface area (Å²) in [5.74, 6) is 0. The molecule has 1 fully saturated rings. The molecular weight excluding hydrogens is 162 g/mol. The lowest BCUT2D eigenvalue weighted by Gasteiger charge is -2.40. The highest BCUT2D eigenvalue weighted by atomic mass is 16.5. The van der Waals surface area contributed by atoms with Crippen molar-refractivity contribution in [2.45, 2.75) is 38.2 Å². The molecule has 0 atom stereocenters. The number of methoxy groups -OCH3 is 1. The number of hydrogen-bond acceptors (Lipinski definition) is 2. The zero-order valence-electron chi connectivity index (χ0n) is 8.86. The van der Waals surface area contributed by atoms with E-state index in [9.17, 15) is 0 Å². The molecule has 0 aliphatic heterocycles. The molecule has 76 valence electrons. The van der Waals surface area contributed by atoms with E-state index in [0.29, 0.717) is 0 Å². The Balaban J connectivity index is 2.07. The molecule has 1 aliphatic rings. The van der Waals surface area contributed by atoms with Crippen molar-refractivity contribution in [3.8, 4) is 0 Å². The summed E-state index contributed by atoms with van der Waals surface area (Å²) < 4.78 is 5.50. The summed E-state index contributed by atoms with van der Waals surface area (Å²) in [5, 5.41) is 3.42. The summed E-state index contributed by atoms with van der Waals surface area (Å²) in [6, 6.07) is 0. The van der Waals surface area contributed by atoms with Crippen molar-refractivity contribution in [3.05, 3.63) is 12.2 Å². The first-order valence-electron chi connectivity index (χ1n) is 5.09. The first kappa shape index (κ1) is 10.7. The van der Waals surface area contributed by atoms with Gasteiger partial charge in [-0.2, -0.15) is 0 Å². The van der Waals surface area contributed by atoms with Gasteiger partial charge >= 0.3 is 0 Å². The van der Waals surface area contributed by atoms with Crippen LogP contribution in [-0.4, -0.2) is 25.8 Å². The molecule has 0 aromatic rings. The summed E-state index contributed by atoms with van der Waals surface area (Å²) in [5.41, 5.74) is 1.40. The molecule has 0 aromatic heterocycles. The van der Waals surface area contributed by atoms with E-state index in [1.165, 1.54) is 24.8 Å². The standard InChI is InChI=1S/C11H21NO/c1-10(2)5-8-12-9-11(13-3)6-4-7-11/h12H,1,4-9H2,2-3H3. The van der Waals surface area contributed by atoms with Crippen LogP contribution in [0.4, 0.5) is 0 Å². The van der Waals surface area contributed by atoms with E-state index in [1.807, 2.05) is 7.11 Å². The number of hydrogen-bond donors (Lipinski definition) is 1. The predicted molar refractivity (Wildman–Crippen MR) is 55.9 cm³/mol. The van der Waals surface area contributed by atoms with Gasteiger partial charge in [0.1, 0.15) is 0 Å². The zero-order chi connectivity index (χ0) is 9.73. The van der Waals surface area contributed by atoms with Gasteiger partial charge in [-0.15, -0.1) is 6.58 Å². The van der Waals surface area contributed by atoms with Crippen LogP contribution in [0, 0.1) is 0 Å². The zero-order valence-corrected chi connectivity index (χ0v) is 8.86. The van der Waals surface area contributed by atoms with E-state index in [4.69, 9.17) is 4.74 Å². The monoisotopic (exact) mass is 183 g/mol. The van der Waals surface area contributed by atoms with E-state index < -0.39 is 0 Å². The van der Waals surface area contributed by atoms with Gasteiger partial charge in [0.2, 0.25) is 0 Å². The van der Waals surface area contributed by atoms with Gasteiger partial charge in [-0.05, 0) is 39.2 Å². The van der Waals surface area contributed by atoms with Gasteiger partial charge in [0.15, 0.2) is 0 Å². The fourth-order valence-electron chi connectivity index (χ4n) is 1.64. The molecule has 0 aromatic carbocycles. The van der Waals surface area contributed by atoms with Gasteiger partial charge < -0.3 is 10.1 Å². The van der Waals surface area contributed by atoms with Gasteiger partial charge in [0.05, 0.1) is 5.60 Å². The third-order valence-corrected chi connectivity index (χ3v) is 2.87. The van der Waals surface area contributed by atoms with Crippen molar-refractivity contribution >= 4 is 0 Å². The Morgan fingerprint density at radius 1 is 1.54 bits per heavy atom.